The topological polar surface area (TPSA) is 17.1 Å². The van der Waals surface area contributed by atoms with Crippen LogP contribution < -0.4 is 0 Å². The Morgan fingerprint density at radius 1 is 1.11 bits per heavy atom. The zero-order chi connectivity index (χ0) is 13.3. The predicted molar refractivity (Wildman–Crippen MR) is 79.3 cm³/mol. The first-order valence-corrected chi connectivity index (χ1v) is 6.95. The molecule has 0 spiro atoms. The van der Waals surface area contributed by atoms with Gasteiger partial charge in [0, 0.05) is 11.8 Å². The first-order chi connectivity index (χ1) is 9.23. The summed E-state index contributed by atoms with van der Waals surface area (Å²) in [5.74, 6) is 0.251. The van der Waals surface area contributed by atoms with Crippen molar-refractivity contribution in [1.82, 2.24) is 0 Å². The van der Waals surface area contributed by atoms with E-state index in [1.165, 1.54) is 16.3 Å². The molecule has 96 valence electrons. The first-order valence-electron chi connectivity index (χ1n) is 6.95. The molecule has 1 heteroatoms. The zero-order valence-corrected chi connectivity index (χ0v) is 11.2. The van der Waals surface area contributed by atoms with E-state index >= 15 is 0 Å². The maximum Gasteiger partial charge on any atom is 0.156 e. The maximum atomic E-state index is 11.7. The number of allylic oxidation sites excluding steroid dienone is 2. The first kappa shape index (κ1) is 12.2. The van der Waals surface area contributed by atoms with Crippen molar-refractivity contribution in [2.24, 2.45) is 0 Å². The second-order valence-electron chi connectivity index (χ2n) is 5.44. The van der Waals surface area contributed by atoms with Gasteiger partial charge in [0.15, 0.2) is 5.78 Å². The molecule has 19 heavy (non-hydrogen) atoms. The minimum atomic E-state index is -0.0735. The van der Waals surface area contributed by atoms with Gasteiger partial charge in [-0.15, -0.1) is 0 Å². The van der Waals surface area contributed by atoms with Crippen molar-refractivity contribution in [3.05, 3.63) is 60.2 Å². The van der Waals surface area contributed by atoms with E-state index in [9.17, 15) is 4.79 Å². The van der Waals surface area contributed by atoms with Crippen molar-refractivity contribution in [1.29, 1.82) is 0 Å². The van der Waals surface area contributed by atoms with Crippen LogP contribution in [0.5, 0.6) is 0 Å². The van der Waals surface area contributed by atoms with E-state index in [1.807, 2.05) is 0 Å². The van der Waals surface area contributed by atoms with Crippen molar-refractivity contribution >= 4 is 16.6 Å². The molecule has 1 nitrogen and oxygen atoms in total. The van der Waals surface area contributed by atoms with Crippen LogP contribution in [0.25, 0.3) is 10.8 Å². The van der Waals surface area contributed by atoms with Crippen LogP contribution in [0.15, 0.2) is 54.6 Å². The second-order valence-corrected chi connectivity index (χ2v) is 5.44. The van der Waals surface area contributed by atoms with Gasteiger partial charge in [-0.25, -0.2) is 0 Å². The quantitative estimate of drug-likeness (QED) is 0.788. The highest BCUT2D eigenvalue weighted by Gasteiger charge is 2.34. The molecule has 0 fully saturated rings. The molecule has 0 N–H and O–H groups in total. The van der Waals surface area contributed by atoms with Crippen LogP contribution in [-0.4, -0.2) is 5.78 Å². The molecule has 1 atom stereocenters. The molecule has 0 saturated carbocycles. The Bertz CT molecular complexity index is 654. The van der Waals surface area contributed by atoms with Crippen LogP contribution in [0.3, 0.4) is 0 Å². The predicted octanol–water partition coefficient (Wildman–Crippen LogP) is 4.41. The van der Waals surface area contributed by atoms with Gasteiger partial charge < -0.3 is 0 Å². The molecular formula is C18H18O. The Balaban J connectivity index is 2.10. The normalized spacial score (nSPS) is 22.3. The fourth-order valence-electron chi connectivity index (χ4n) is 3.14. The third-order valence-corrected chi connectivity index (χ3v) is 4.10. The fraction of sp³-hybridized carbons (Fsp3) is 0.278. The van der Waals surface area contributed by atoms with Gasteiger partial charge in [-0.3, -0.25) is 4.79 Å². The number of hydrogen-bond acceptors (Lipinski definition) is 1. The van der Waals surface area contributed by atoms with Gasteiger partial charge in [-0.05, 0) is 28.8 Å². The highest BCUT2D eigenvalue weighted by molar-refractivity contribution is 5.94. The van der Waals surface area contributed by atoms with E-state index in [2.05, 4.69) is 55.5 Å². The average Bonchev–Trinajstić information content (AvgIpc) is 2.81. The monoisotopic (exact) mass is 250 g/mol. The lowest BCUT2D eigenvalue weighted by Crippen LogP contribution is -2.22. The van der Waals surface area contributed by atoms with Gasteiger partial charge >= 0.3 is 0 Å². The molecular weight excluding hydrogens is 232 g/mol. The van der Waals surface area contributed by atoms with Crippen molar-refractivity contribution in [3.8, 4) is 0 Å². The lowest BCUT2D eigenvalue weighted by atomic mass is 9.76. The number of ketones is 1. The third kappa shape index (κ3) is 2.10. The zero-order valence-electron chi connectivity index (χ0n) is 11.2. The molecule has 2 aromatic rings. The lowest BCUT2D eigenvalue weighted by Gasteiger charge is -2.27. The molecule has 0 heterocycles. The summed E-state index contributed by atoms with van der Waals surface area (Å²) in [5.41, 5.74) is 1.20. The summed E-state index contributed by atoms with van der Waals surface area (Å²) in [4.78, 5) is 11.7. The van der Waals surface area contributed by atoms with Crippen molar-refractivity contribution in [2.45, 2.75) is 31.6 Å². The van der Waals surface area contributed by atoms with Gasteiger partial charge in [0.1, 0.15) is 0 Å². The second kappa shape index (κ2) is 4.65. The van der Waals surface area contributed by atoms with E-state index in [0.717, 1.165) is 12.8 Å². The Kier molecular flexibility index (Phi) is 2.98. The molecule has 1 aliphatic carbocycles. The fourth-order valence-corrected chi connectivity index (χ4v) is 3.14. The number of benzene rings is 2. The van der Waals surface area contributed by atoms with E-state index in [-0.39, 0.29) is 11.2 Å². The number of carbonyl (C=O) groups is 1. The van der Waals surface area contributed by atoms with Gasteiger partial charge in [0.25, 0.3) is 0 Å². The Morgan fingerprint density at radius 2 is 1.89 bits per heavy atom. The molecule has 2 aromatic carbocycles. The molecule has 0 amide bonds. The molecule has 1 aliphatic rings. The van der Waals surface area contributed by atoms with Crippen LogP contribution in [-0.2, 0) is 10.2 Å². The molecule has 0 radical (unpaired) electrons. The van der Waals surface area contributed by atoms with Crippen LogP contribution >= 0.6 is 0 Å². The molecule has 0 bridgehead atoms. The Morgan fingerprint density at radius 3 is 2.58 bits per heavy atom. The number of fused-ring (bicyclic) bond motifs is 1. The minimum Gasteiger partial charge on any atom is -0.295 e. The van der Waals surface area contributed by atoms with Crippen LogP contribution in [0.2, 0.25) is 0 Å². The summed E-state index contributed by atoms with van der Waals surface area (Å²) in [7, 11) is 0. The van der Waals surface area contributed by atoms with Gasteiger partial charge in [-0.1, -0.05) is 61.9 Å². The summed E-state index contributed by atoms with van der Waals surface area (Å²) >= 11 is 0. The van der Waals surface area contributed by atoms with Crippen LogP contribution in [0.4, 0.5) is 0 Å². The largest absolute Gasteiger partial charge is 0.295 e. The standard InChI is InChI=1S/C18H18O/c1-2-10-18(11-9-17(19)13-18)16-8-7-14-5-3-4-6-15(14)12-16/h3-9,11-12H,2,10,13H2,1H3/t18-/m1/s1. The molecule has 0 aliphatic heterocycles. The van der Waals surface area contributed by atoms with Crippen molar-refractivity contribution < 1.29 is 4.79 Å². The molecule has 3 rings (SSSR count). The lowest BCUT2D eigenvalue weighted by molar-refractivity contribution is -0.114. The molecule has 0 saturated heterocycles. The number of rotatable bonds is 3. The Hall–Kier alpha value is -1.89. The Labute approximate surface area is 113 Å². The summed E-state index contributed by atoms with van der Waals surface area (Å²) in [6.07, 6.45) is 6.62. The van der Waals surface area contributed by atoms with Crippen molar-refractivity contribution in [2.75, 3.05) is 0 Å². The number of carbonyl (C=O) groups excluding carboxylic acids is 1. The summed E-state index contributed by atoms with van der Waals surface area (Å²) < 4.78 is 0. The third-order valence-electron chi connectivity index (χ3n) is 4.10. The highest BCUT2D eigenvalue weighted by atomic mass is 16.1. The van der Waals surface area contributed by atoms with Gasteiger partial charge in [0.2, 0.25) is 0 Å². The van der Waals surface area contributed by atoms with Gasteiger partial charge in [0.05, 0.1) is 0 Å². The summed E-state index contributed by atoms with van der Waals surface area (Å²) in [6.45, 7) is 2.18. The van der Waals surface area contributed by atoms with E-state index in [4.69, 9.17) is 0 Å². The maximum absolute atomic E-state index is 11.7. The van der Waals surface area contributed by atoms with Crippen molar-refractivity contribution in [3.63, 3.8) is 0 Å². The summed E-state index contributed by atoms with van der Waals surface area (Å²) in [6, 6.07) is 15.0. The van der Waals surface area contributed by atoms with Crippen LogP contribution in [0.1, 0.15) is 31.7 Å². The SMILES string of the molecule is CCC[C@@]1(c2ccc3ccccc3c2)C=CC(=O)C1. The molecule has 0 unspecified atom stereocenters. The minimum absolute atomic E-state index is 0.0735. The highest BCUT2D eigenvalue weighted by Crippen LogP contribution is 2.39. The van der Waals surface area contributed by atoms with Crippen LogP contribution in [0, 0.1) is 0 Å². The summed E-state index contributed by atoms with van der Waals surface area (Å²) in [5, 5.41) is 2.51. The smallest absolute Gasteiger partial charge is 0.156 e. The number of hydrogen-bond donors (Lipinski definition) is 0. The molecule has 0 aromatic heterocycles. The van der Waals surface area contributed by atoms with E-state index < -0.39 is 0 Å². The average molecular weight is 250 g/mol. The van der Waals surface area contributed by atoms with E-state index in [0.29, 0.717) is 6.42 Å². The van der Waals surface area contributed by atoms with Gasteiger partial charge in [-0.2, -0.15) is 0 Å². The van der Waals surface area contributed by atoms with E-state index in [1.54, 1.807) is 6.08 Å².